The molecule has 0 aliphatic rings. The summed E-state index contributed by atoms with van der Waals surface area (Å²) in [5.74, 6) is -0.0205. The van der Waals surface area contributed by atoms with Crippen molar-refractivity contribution < 1.29 is 4.79 Å². The molecule has 0 saturated heterocycles. The molecular weight excluding hydrogens is 278 g/mol. The predicted octanol–water partition coefficient (Wildman–Crippen LogP) is 2.89. The van der Waals surface area contributed by atoms with E-state index in [-0.39, 0.29) is 5.91 Å². The van der Waals surface area contributed by atoms with Crippen LogP contribution in [0.15, 0.2) is 17.5 Å². The highest BCUT2D eigenvalue weighted by Gasteiger charge is 2.10. The van der Waals surface area contributed by atoms with Gasteiger partial charge >= 0.3 is 0 Å². The van der Waals surface area contributed by atoms with Crippen molar-refractivity contribution in [3.63, 3.8) is 0 Å². The van der Waals surface area contributed by atoms with Crippen LogP contribution in [-0.2, 0) is 11.3 Å². The van der Waals surface area contributed by atoms with Gasteiger partial charge in [0.2, 0.25) is 5.91 Å². The topological polar surface area (TPSA) is 45.2 Å². The average molecular weight is 295 g/mol. The second-order valence-electron chi connectivity index (χ2n) is 4.46. The maximum absolute atomic E-state index is 11.9. The maximum atomic E-state index is 11.9. The summed E-state index contributed by atoms with van der Waals surface area (Å²) in [6, 6.07) is 4.10. The second kappa shape index (κ2) is 6.27. The zero-order valence-electron chi connectivity index (χ0n) is 11.3. The van der Waals surface area contributed by atoms with Crippen molar-refractivity contribution in [1.82, 2.24) is 9.88 Å². The summed E-state index contributed by atoms with van der Waals surface area (Å²) < 4.78 is 0. The van der Waals surface area contributed by atoms with E-state index in [1.54, 1.807) is 11.3 Å². The van der Waals surface area contributed by atoms with Crippen LogP contribution in [0.1, 0.15) is 15.4 Å². The summed E-state index contributed by atoms with van der Waals surface area (Å²) >= 11 is 3.22. The number of carbonyl (C=O) groups is 1. The summed E-state index contributed by atoms with van der Waals surface area (Å²) in [5.41, 5.74) is 0.979. The van der Waals surface area contributed by atoms with Crippen molar-refractivity contribution in [2.75, 3.05) is 18.9 Å². The molecule has 0 radical (unpaired) electrons. The Morgan fingerprint density at radius 2 is 2.26 bits per heavy atom. The fourth-order valence-electron chi connectivity index (χ4n) is 1.65. The third kappa shape index (κ3) is 4.12. The van der Waals surface area contributed by atoms with Crippen molar-refractivity contribution in [2.24, 2.45) is 0 Å². The van der Waals surface area contributed by atoms with Crippen LogP contribution in [0.3, 0.4) is 0 Å². The molecule has 0 aromatic carbocycles. The lowest BCUT2D eigenvalue weighted by atomic mass is 10.4. The number of rotatable bonds is 5. The Balaban J connectivity index is 1.83. The minimum absolute atomic E-state index is 0.0205. The van der Waals surface area contributed by atoms with Crippen molar-refractivity contribution in [1.29, 1.82) is 0 Å². The molecule has 0 unspecified atom stereocenters. The summed E-state index contributed by atoms with van der Waals surface area (Å²) in [6.45, 7) is 5.12. The van der Waals surface area contributed by atoms with Crippen LogP contribution >= 0.6 is 22.7 Å². The molecule has 0 saturated carbocycles. The number of anilines is 1. The highest BCUT2D eigenvalue weighted by atomic mass is 32.1. The first-order chi connectivity index (χ1) is 9.04. The van der Waals surface area contributed by atoms with Crippen LogP contribution in [0.2, 0.25) is 0 Å². The van der Waals surface area contributed by atoms with E-state index in [2.05, 4.69) is 16.4 Å². The van der Waals surface area contributed by atoms with Crippen molar-refractivity contribution in [3.05, 3.63) is 33.0 Å². The van der Waals surface area contributed by atoms with E-state index in [1.165, 1.54) is 16.2 Å². The third-order valence-electron chi connectivity index (χ3n) is 2.69. The molecule has 0 aliphatic carbocycles. The summed E-state index contributed by atoms with van der Waals surface area (Å²) in [4.78, 5) is 20.6. The smallest absolute Gasteiger partial charge is 0.240 e. The van der Waals surface area contributed by atoms with E-state index in [1.807, 2.05) is 37.2 Å². The number of amides is 1. The van der Waals surface area contributed by atoms with Gasteiger partial charge in [-0.15, -0.1) is 22.7 Å². The number of aromatic nitrogens is 1. The van der Waals surface area contributed by atoms with Gasteiger partial charge in [-0.1, -0.05) is 6.07 Å². The Labute approximate surface area is 121 Å². The minimum atomic E-state index is -0.0205. The van der Waals surface area contributed by atoms with Gasteiger partial charge in [0.25, 0.3) is 0 Å². The number of likely N-dealkylation sites (N-methyl/N-ethyl adjacent to an activating group) is 1. The van der Waals surface area contributed by atoms with Gasteiger partial charge in [-0.2, -0.15) is 0 Å². The molecule has 2 heterocycles. The zero-order valence-corrected chi connectivity index (χ0v) is 12.9. The molecule has 0 fully saturated rings. The lowest BCUT2D eigenvalue weighted by molar-refractivity contribution is -0.117. The fourth-order valence-corrected chi connectivity index (χ4v) is 3.27. The number of nitrogens with one attached hydrogen (secondary N) is 1. The van der Waals surface area contributed by atoms with Gasteiger partial charge in [0, 0.05) is 16.3 Å². The summed E-state index contributed by atoms with van der Waals surface area (Å²) in [7, 11) is 1.94. The first-order valence-corrected chi connectivity index (χ1v) is 7.69. The van der Waals surface area contributed by atoms with Crippen LogP contribution < -0.4 is 5.32 Å². The van der Waals surface area contributed by atoms with Gasteiger partial charge in [0.05, 0.1) is 12.2 Å². The highest BCUT2D eigenvalue weighted by Crippen LogP contribution is 2.21. The predicted molar refractivity (Wildman–Crippen MR) is 80.9 cm³/mol. The van der Waals surface area contributed by atoms with Crippen LogP contribution in [0.5, 0.6) is 0 Å². The van der Waals surface area contributed by atoms with Crippen LogP contribution in [-0.4, -0.2) is 29.4 Å². The van der Waals surface area contributed by atoms with E-state index >= 15 is 0 Å². The number of aryl methyl sites for hydroxylation is 2. The number of hydrogen-bond donors (Lipinski definition) is 1. The molecule has 4 nitrogen and oxygen atoms in total. The quantitative estimate of drug-likeness (QED) is 0.922. The van der Waals surface area contributed by atoms with E-state index in [0.717, 1.165) is 17.1 Å². The molecule has 2 aromatic rings. The molecule has 19 heavy (non-hydrogen) atoms. The zero-order chi connectivity index (χ0) is 13.8. The number of nitrogens with zero attached hydrogens (tertiary/aromatic N) is 2. The lowest BCUT2D eigenvalue weighted by Crippen LogP contribution is -2.29. The van der Waals surface area contributed by atoms with E-state index in [0.29, 0.717) is 11.7 Å². The van der Waals surface area contributed by atoms with Gasteiger partial charge in [0.15, 0.2) is 5.13 Å². The normalized spacial score (nSPS) is 10.9. The van der Waals surface area contributed by atoms with Crippen LogP contribution in [0.25, 0.3) is 0 Å². The van der Waals surface area contributed by atoms with Gasteiger partial charge in [0.1, 0.15) is 0 Å². The Bertz CT molecular complexity index is 529. The first kappa shape index (κ1) is 14.2. The molecule has 2 aromatic heterocycles. The Morgan fingerprint density at radius 3 is 2.84 bits per heavy atom. The lowest BCUT2D eigenvalue weighted by Gasteiger charge is -2.14. The number of thiophene rings is 1. The number of thiazole rings is 1. The molecule has 0 aliphatic heterocycles. The molecule has 0 bridgehead atoms. The molecule has 0 spiro atoms. The van der Waals surface area contributed by atoms with Gasteiger partial charge < -0.3 is 5.32 Å². The van der Waals surface area contributed by atoms with Crippen molar-refractivity contribution in [3.8, 4) is 0 Å². The standard InChI is InChI=1S/C13H17N3OS2/c1-9-10(2)19-13(14-9)15-12(17)8-16(3)7-11-5-4-6-18-11/h4-6H,7-8H2,1-3H3,(H,14,15,17). The van der Waals surface area contributed by atoms with E-state index in [4.69, 9.17) is 0 Å². The van der Waals surface area contributed by atoms with E-state index in [9.17, 15) is 4.79 Å². The van der Waals surface area contributed by atoms with Crippen molar-refractivity contribution in [2.45, 2.75) is 20.4 Å². The summed E-state index contributed by atoms with van der Waals surface area (Å²) in [5, 5.41) is 5.58. The van der Waals surface area contributed by atoms with Crippen LogP contribution in [0.4, 0.5) is 5.13 Å². The van der Waals surface area contributed by atoms with Crippen molar-refractivity contribution >= 4 is 33.7 Å². The molecule has 6 heteroatoms. The molecule has 0 atom stereocenters. The largest absolute Gasteiger partial charge is 0.301 e. The first-order valence-electron chi connectivity index (χ1n) is 5.99. The fraction of sp³-hybridized carbons (Fsp3) is 0.385. The maximum Gasteiger partial charge on any atom is 0.240 e. The molecule has 2 rings (SSSR count). The SMILES string of the molecule is Cc1nc(NC(=O)CN(C)Cc2cccs2)sc1C. The van der Waals surface area contributed by atoms with Crippen LogP contribution in [0, 0.1) is 13.8 Å². The minimum Gasteiger partial charge on any atom is -0.301 e. The molecule has 1 amide bonds. The number of hydrogen-bond acceptors (Lipinski definition) is 5. The average Bonchev–Trinajstić information content (AvgIpc) is 2.90. The summed E-state index contributed by atoms with van der Waals surface area (Å²) in [6.07, 6.45) is 0. The Hall–Kier alpha value is -1.24. The van der Waals surface area contributed by atoms with Gasteiger partial charge in [-0.3, -0.25) is 9.69 Å². The second-order valence-corrected chi connectivity index (χ2v) is 6.70. The Kier molecular flexibility index (Phi) is 4.68. The van der Waals surface area contributed by atoms with Gasteiger partial charge in [-0.05, 0) is 32.3 Å². The third-order valence-corrected chi connectivity index (χ3v) is 4.54. The molecule has 102 valence electrons. The molecule has 1 N–H and O–H groups in total. The van der Waals surface area contributed by atoms with Gasteiger partial charge in [-0.25, -0.2) is 4.98 Å². The number of carbonyl (C=O) groups excluding carboxylic acids is 1. The monoisotopic (exact) mass is 295 g/mol. The highest BCUT2D eigenvalue weighted by molar-refractivity contribution is 7.15. The Morgan fingerprint density at radius 1 is 1.47 bits per heavy atom. The molecular formula is C13H17N3OS2. The van der Waals surface area contributed by atoms with E-state index < -0.39 is 0 Å².